The number of hydrogen-bond donors (Lipinski definition) is 1. The highest BCUT2D eigenvalue weighted by Gasteiger charge is 2.72. The molecule has 0 bridgehead atoms. The summed E-state index contributed by atoms with van der Waals surface area (Å²) in [6.45, 7) is 2.20. The second-order valence-corrected chi connectivity index (χ2v) is 10.8. The van der Waals surface area contributed by atoms with Crippen LogP contribution in [0.4, 0.5) is 13.2 Å². The molecule has 42 heavy (non-hydrogen) atoms. The number of esters is 1. The van der Waals surface area contributed by atoms with Gasteiger partial charge in [-0.1, -0.05) is 54.2 Å². The van der Waals surface area contributed by atoms with E-state index in [9.17, 15) is 27.6 Å². The molecule has 5 rings (SSSR count). The number of hydrogen-bond acceptors (Lipinski definition) is 9. The number of alkyl halides is 3. The molecule has 0 radical (unpaired) electrons. The van der Waals surface area contributed by atoms with E-state index in [-0.39, 0.29) is 24.4 Å². The summed E-state index contributed by atoms with van der Waals surface area (Å²) >= 11 is 1.45. The standard InChI is InChI=1S/C26H24N4O4S.C2HF3O2/c1-26(24(33)34-2)21-20(22(31)29(23(21)32)14-17-6-4-3-5-7-17)19-13-28-25(30(19)26)35-15-18-10-8-16(12-27)9-11-18;3-2(4,5)1(6)7/h3-11,19-21H,13-15H2,1-2H3;(H,6,7)/t19-,20+,21-,26-;/m1./s1. The summed E-state index contributed by atoms with van der Waals surface area (Å²) in [6, 6.07) is 18.3. The van der Waals surface area contributed by atoms with E-state index in [0.29, 0.717) is 23.0 Å². The lowest BCUT2D eigenvalue weighted by molar-refractivity contribution is -0.192. The molecule has 0 saturated carbocycles. The number of amides is 2. The number of ether oxygens (including phenoxy) is 1. The number of amidine groups is 1. The van der Waals surface area contributed by atoms with Gasteiger partial charge in [0.25, 0.3) is 0 Å². The van der Waals surface area contributed by atoms with E-state index in [4.69, 9.17) is 19.9 Å². The first-order valence-corrected chi connectivity index (χ1v) is 13.6. The van der Waals surface area contributed by atoms with Gasteiger partial charge in [-0.2, -0.15) is 18.4 Å². The number of aliphatic carboxylic acids is 1. The number of benzene rings is 2. The fraction of sp³-hybridized carbons (Fsp3) is 0.357. The monoisotopic (exact) mass is 602 g/mol. The molecule has 2 aromatic carbocycles. The van der Waals surface area contributed by atoms with Crippen molar-refractivity contribution >= 4 is 40.7 Å². The molecule has 2 saturated heterocycles. The molecule has 2 aromatic rings. The van der Waals surface area contributed by atoms with Crippen LogP contribution in [0.5, 0.6) is 0 Å². The van der Waals surface area contributed by atoms with E-state index in [1.54, 1.807) is 19.1 Å². The van der Waals surface area contributed by atoms with Gasteiger partial charge < -0.3 is 14.7 Å². The van der Waals surface area contributed by atoms with E-state index in [2.05, 4.69) is 11.1 Å². The first-order valence-electron chi connectivity index (χ1n) is 12.6. The SMILES string of the molecule is COC(=O)[C@@]1(C)[C@H]2C(=O)N(Cc3ccccc3)C(=O)[C@H]2[C@H]2CN=C(SCc3ccc(C#N)cc3)N21.O=C(O)C(F)(F)F. The van der Waals surface area contributed by atoms with Gasteiger partial charge in [0.05, 0.1) is 49.7 Å². The maximum atomic E-state index is 13.6. The number of carbonyl (C=O) groups is 4. The number of fused-ring (bicyclic) bond motifs is 3. The Kier molecular flexibility index (Phi) is 8.63. The van der Waals surface area contributed by atoms with Crippen LogP contribution in [-0.2, 0) is 36.2 Å². The normalized spacial score (nSPS) is 24.3. The molecule has 3 heterocycles. The fourth-order valence-corrected chi connectivity index (χ4v) is 6.58. The van der Waals surface area contributed by atoms with Crippen LogP contribution >= 0.6 is 11.8 Å². The minimum Gasteiger partial charge on any atom is -0.475 e. The summed E-state index contributed by atoms with van der Waals surface area (Å²) in [7, 11) is 1.30. The Balaban J connectivity index is 0.000000517. The zero-order chi connectivity index (χ0) is 30.8. The maximum Gasteiger partial charge on any atom is 0.490 e. The van der Waals surface area contributed by atoms with E-state index in [1.165, 1.54) is 23.8 Å². The smallest absolute Gasteiger partial charge is 0.475 e. The number of likely N-dealkylation sites (tertiary alicyclic amines) is 1. The Morgan fingerprint density at radius 3 is 2.29 bits per heavy atom. The number of nitriles is 1. The van der Waals surface area contributed by atoms with Crippen molar-refractivity contribution in [3.63, 3.8) is 0 Å². The molecule has 1 N–H and O–H groups in total. The molecule has 10 nitrogen and oxygen atoms in total. The Morgan fingerprint density at radius 1 is 1.12 bits per heavy atom. The highest BCUT2D eigenvalue weighted by atomic mass is 32.2. The molecule has 14 heteroatoms. The summed E-state index contributed by atoms with van der Waals surface area (Å²) in [5, 5.41) is 16.8. The number of carboxylic acid groups (broad SMARTS) is 1. The summed E-state index contributed by atoms with van der Waals surface area (Å²) in [6.07, 6.45) is -5.08. The Morgan fingerprint density at radius 2 is 1.74 bits per heavy atom. The molecule has 4 atom stereocenters. The van der Waals surface area contributed by atoms with Crippen LogP contribution in [0.2, 0.25) is 0 Å². The van der Waals surface area contributed by atoms with Crippen molar-refractivity contribution in [1.29, 1.82) is 5.26 Å². The van der Waals surface area contributed by atoms with Crippen molar-refractivity contribution in [2.24, 2.45) is 16.8 Å². The lowest BCUT2D eigenvalue weighted by atomic mass is 9.81. The van der Waals surface area contributed by atoms with Gasteiger partial charge >= 0.3 is 18.1 Å². The van der Waals surface area contributed by atoms with Crippen LogP contribution < -0.4 is 0 Å². The molecule has 2 amide bonds. The second kappa shape index (κ2) is 11.8. The molecule has 0 unspecified atom stereocenters. The Hall–Kier alpha value is -4.38. The summed E-state index contributed by atoms with van der Waals surface area (Å²) in [5.74, 6) is -4.84. The van der Waals surface area contributed by atoms with Crippen LogP contribution in [0.3, 0.4) is 0 Å². The molecular weight excluding hydrogens is 577 g/mol. The van der Waals surface area contributed by atoms with E-state index < -0.39 is 35.5 Å². The van der Waals surface area contributed by atoms with Gasteiger partial charge in [0, 0.05) is 5.75 Å². The molecular formula is C28H25F3N4O6S. The topological polar surface area (TPSA) is 140 Å². The van der Waals surface area contributed by atoms with Gasteiger partial charge in [-0.05, 0) is 30.2 Å². The minimum atomic E-state index is -5.08. The number of aliphatic imine (C=N–C) groups is 1. The average molecular weight is 603 g/mol. The van der Waals surface area contributed by atoms with Gasteiger partial charge in [-0.3, -0.25) is 19.5 Å². The van der Waals surface area contributed by atoms with E-state index in [1.807, 2.05) is 47.4 Å². The first-order chi connectivity index (χ1) is 19.8. The predicted molar refractivity (Wildman–Crippen MR) is 143 cm³/mol. The van der Waals surface area contributed by atoms with Gasteiger partial charge in [0.2, 0.25) is 11.8 Å². The zero-order valence-electron chi connectivity index (χ0n) is 22.4. The highest BCUT2D eigenvalue weighted by Crippen LogP contribution is 2.52. The molecule has 0 aromatic heterocycles. The van der Waals surface area contributed by atoms with Crippen LogP contribution in [-0.4, -0.2) is 75.2 Å². The van der Waals surface area contributed by atoms with Crippen LogP contribution in [0, 0.1) is 23.2 Å². The predicted octanol–water partition coefficient (Wildman–Crippen LogP) is 3.21. The molecule has 0 aliphatic carbocycles. The first kappa shape index (κ1) is 30.6. The zero-order valence-corrected chi connectivity index (χ0v) is 23.2. The minimum absolute atomic E-state index is 0.177. The summed E-state index contributed by atoms with van der Waals surface area (Å²) in [5.41, 5.74) is 1.10. The fourth-order valence-electron chi connectivity index (χ4n) is 5.46. The van der Waals surface area contributed by atoms with Crippen molar-refractivity contribution < 1.29 is 42.2 Å². The molecule has 2 fully saturated rings. The number of rotatable bonds is 5. The number of carboxylic acids is 1. The van der Waals surface area contributed by atoms with Crippen molar-refractivity contribution in [3.05, 3.63) is 71.3 Å². The number of halogens is 3. The molecule has 3 aliphatic rings. The van der Waals surface area contributed by atoms with Crippen LogP contribution in [0.1, 0.15) is 23.6 Å². The number of imide groups is 1. The number of methoxy groups -OCH3 is 1. The van der Waals surface area contributed by atoms with E-state index in [0.717, 1.165) is 11.1 Å². The van der Waals surface area contributed by atoms with Gasteiger partial charge in [0.1, 0.15) is 5.54 Å². The lowest BCUT2D eigenvalue weighted by Crippen LogP contribution is -2.57. The maximum absolute atomic E-state index is 13.6. The second-order valence-electron chi connectivity index (χ2n) is 9.85. The van der Waals surface area contributed by atoms with Crippen molar-refractivity contribution in [3.8, 4) is 6.07 Å². The van der Waals surface area contributed by atoms with Crippen molar-refractivity contribution in [2.75, 3.05) is 13.7 Å². The number of nitrogens with zero attached hydrogens (tertiary/aromatic N) is 4. The highest BCUT2D eigenvalue weighted by molar-refractivity contribution is 8.13. The van der Waals surface area contributed by atoms with Crippen LogP contribution in [0.15, 0.2) is 59.6 Å². The quantitative estimate of drug-likeness (QED) is 0.404. The third-order valence-electron chi connectivity index (χ3n) is 7.39. The Labute approximate surface area is 242 Å². The van der Waals surface area contributed by atoms with Gasteiger partial charge in [-0.25, -0.2) is 9.59 Å². The third kappa shape index (κ3) is 5.56. The van der Waals surface area contributed by atoms with E-state index >= 15 is 0 Å². The summed E-state index contributed by atoms with van der Waals surface area (Å²) in [4.78, 5) is 57.0. The molecule has 0 spiro atoms. The molecule has 3 aliphatic heterocycles. The Bertz CT molecular complexity index is 1460. The van der Waals surface area contributed by atoms with Crippen LogP contribution in [0.25, 0.3) is 0 Å². The van der Waals surface area contributed by atoms with Gasteiger partial charge in [-0.15, -0.1) is 0 Å². The largest absolute Gasteiger partial charge is 0.490 e. The lowest BCUT2D eigenvalue weighted by Gasteiger charge is -2.37. The molecule has 220 valence electrons. The van der Waals surface area contributed by atoms with Crippen molar-refractivity contribution in [2.45, 2.75) is 37.0 Å². The number of carbonyl (C=O) groups excluding carboxylic acids is 3. The summed E-state index contributed by atoms with van der Waals surface area (Å²) < 4.78 is 36.9. The number of thioether (sulfide) groups is 1. The van der Waals surface area contributed by atoms with Gasteiger partial charge in [0.15, 0.2) is 5.17 Å². The van der Waals surface area contributed by atoms with Crippen molar-refractivity contribution in [1.82, 2.24) is 9.80 Å². The average Bonchev–Trinajstić information content (AvgIpc) is 3.59. The third-order valence-corrected chi connectivity index (χ3v) is 8.45.